The lowest BCUT2D eigenvalue weighted by Gasteiger charge is -2.10. The maximum Gasteiger partial charge on any atom is 0.241 e. The van der Waals surface area contributed by atoms with E-state index in [9.17, 15) is 13.2 Å². The molecule has 0 saturated heterocycles. The second kappa shape index (κ2) is 7.25. The van der Waals surface area contributed by atoms with Gasteiger partial charge in [-0.2, -0.15) is 0 Å². The van der Waals surface area contributed by atoms with E-state index in [0.29, 0.717) is 11.3 Å². The van der Waals surface area contributed by atoms with Gasteiger partial charge in [-0.25, -0.2) is 13.1 Å². The molecule has 2 N–H and O–H groups in total. The molecule has 0 aliphatic rings. The number of amides is 1. The number of sulfonamides is 1. The second-order valence-corrected chi connectivity index (χ2v) is 7.80. The van der Waals surface area contributed by atoms with Crippen LogP contribution in [0.15, 0.2) is 51.8 Å². The summed E-state index contributed by atoms with van der Waals surface area (Å²) in [6.45, 7) is 3.29. The van der Waals surface area contributed by atoms with E-state index < -0.39 is 15.9 Å². The molecule has 0 spiro atoms. The fraction of sp³-hybridized carbons (Fsp3) is 0.188. The van der Waals surface area contributed by atoms with Gasteiger partial charge in [-0.15, -0.1) is 0 Å². The van der Waals surface area contributed by atoms with Crippen LogP contribution in [0.4, 0.5) is 5.69 Å². The summed E-state index contributed by atoms with van der Waals surface area (Å²) in [4.78, 5) is 12.1. The Morgan fingerprint density at radius 1 is 1.13 bits per heavy atom. The van der Waals surface area contributed by atoms with E-state index in [2.05, 4.69) is 26.0 Å². The van der Waals surface area contributed by atoms with Crippen LogP contribution in [0.25, 0.3) is 0 Å². The molecule has 0 bridgehead atoms. The molecule has 0 atom stereocenters. The Morgan fingerprint density at radius 2 is 1.87 bits per heavy atom. The van der Waals surface area contributed by atoms with Crippen LogP contribution in [0.1, 0.15) is 11.1 Å². The highest BCUT2D eigenvalue weighted by molar-refractivity contribution is 9.10. The lowest BCUT2D eigenvalue weighted by molar-refractivity contribution is -0.115. The maximum absolute atomic E-state index is 12.3. The Balaban J connectivity index is 2.03. The monoisotopic (exact) mass is 396 g/mol. The van der Waals surface area contributed by atoms with Crippen molar-refractivity contribution in [2.24, 2.45) is 0 Å². The standard InChI is InChI=1S/C16H17BrN2O3S/c1-11-6-7-15(12(2)8-11)23(21,22)18-10-16(20)19-14-5-3-4-13(17)9-14/h3-9,18H,10H2,1-2H3,(H,19,20). The van der Waals surface area contributed by atoms with Crippen molar-refractivity contribution in [2.45, 2.75) is 18.7 Å². The van der Waals surface area contributed by atoms with Crippen LogP contribution < -0.4 is 10.0 Å². The number of hydrogen-bond donors (Lipinski definition) is 2. The number of carbonyl (C=O) groups is 1. The number of anilines is 1. The minimum atomic E-state index is -3.72. The molecule has 0 unspecified atom stereocenters. The van der Waals surface area contributed by atoms with Gasteiger partial charge in [-0.05, 0) is 43.7 Å². The lowest BCUT2D eigenvalue weighted by Crippen LogP contribution is -2.33. The SMILES string of the molecule is Cc1ccc(S(=O)(=O)NCC(=O)Nc2cccc(Br)c2)c(C)c1. The van der Waals surface area contributed by atoms with Crippen LogP contribution in [0.3, 0.4) is 0 Å². The third-order valence-electron chi connectivity index (χ3n) is 3.15. The summed E-state index contributed by atoms with van der Waals surface area (Å²) in [6.07, 6.45) is 0. The van der Waals surface area contributed by atoms with Crippen molar-refractivity contribution < 1.29 is 13.2 Å². The summed E-state index contributed by atoms with van der Waals surface area (Å²) in [6, 6.07) is 12.1. The summed E-state index contributed by atoms with van der Waals surface area (Å²) in [5.74, 6) is -0.434. The van der Waals surface area contributed by atoms with E-state index in [1.54, 1.807) is 43.3 Å². The van der Waals surface area contributed by atoms with Gasteiger partial charge in [0.2, 0.25) is 15.9 Å². The summed E-state index contributed by atoms with van der Waals surface area (Å²) in [5.41, 5.74) is 2.22. The highest BCUT2D eigenvalue weighted by Gasteiger charge is 2.17. The second-order valence-electron chi connectivity index (χ2n) is 5.15. The zero-order chi connectivity index (χ0) is 17.0. The fourth-order valence-corrected chi connectivity index (χ4v) is 3.72. The molecule has 122 valence electrons. The largest absolute Gasteiger partial charge is 0.325 e. The first-order chi connectivity index (χ1) is 10.8. The molecule has 0 aliphatic carbocycles. The molecular weight excluding hydrogens is 380 g/mol. The van der Waals surface area contributed by atoms with Gasteiger partial charge in [0.25, 0.3) is 0 Å². The number of rotatable bonds is 5. The van der Waals surface area contributed by atoms with Gasteiger partial charge in [0, 0.05) is 10.2 Å². The molecule has 23 heavy (non-hydrogen) atoms. The van der Waals surface area contributed by atoms with Crippen LogP contribution in [0, 0.1) is 13.8 Å². The minimum absolute atomic E-state index is 0.179. The van der Waals surface area contributed by atoms with Crippen molar-refractivity contribution in [3.8, 4) is 0 Å². The molecule has 1 amide bonds. The van der Waals surface area contributed by atoms with Gasteiger partial charge in [0.15, 0.2) is 0 Å². The third-order valence-corrected chi connectivity index (χ3v) is 5.21. The predicted molar refractivity (Wildman–Crippen MR) is 93.9 cm³/mol. The van der Waals surface area contributed by atoms with Crippen molar-refractivity contribution in [3.63, 3.8) is 0 Å². The Kier molecular flexibility index (Phi) is 5.56. The van der Waals surface area contributed by atoms with Crippen LogP contribution in [0.2, 0.25) is 0 Å². The molecule has 0 heterocycles. The lowest BCUT2D eigenvalue weighted by atomic mass is 10.2. The normalized spacial score (nSPS) is 11.3. The molecule has 5 nitrogen and oxygen atoms in total. The van der Waals surface area contributed by atoms with Crippen molar-refractivity contribution in [3.05, 3.63) is 58.1 Å². The van der Waals surface area contributed by atoms with Crippen LogP contribution in [0.5, 0.6) is 0 Å². The number of halogens is 1. The van der Waals surface area contributed by atoms with Gasteiger partial charge in [0.05, 0.1) is 11.4 Å². The van der Waals surface area contributed by atoms with Gasteiger partial charge in [0.1, 0.15) is 0 Å². The van der Waals surface area contributed by atoms with Crippen molar-refractivity contribution in [1.82, 2.24) is 4.72 Å². The summed E-state index contributed by atoms with van der Waals surface area (Å²) < 4.78 is 27.7. The zero-order valence-corrected chi connectivity index (χ0v) is 15.2. The first-order valence-corrected chi connectivity index (χ1v) is 9.18. The Labute approximate surface area is 144 Å². The van der Waals surface area contributed by atoms with Crippen LogP contribution in [-0.4, -0.2) is 20.9 Å². The van der Waals surface area contributed by atoms with Crippen molar-refractivity contribution >= 4 is 37.5 Å². The van der Waals surface area contributed by atoms with Gasteiger partial charge in [-0.1, -0.05) is 39.7 Å². The molecule has 0 aromatic heterocycles. The van der Waals surface area contributed by atoms with Crippen molar-refractivity contribution in [1.29, 1.82) is 0 Å². The van der Waals surface area contributed by atoms with E-state index in [0.717, 1.165) is 10.0 Å². The number of benzene rings is 2. The first kappa shape index (κ1) is 17.7. The van der Waals surface area contributed by atoms with E-state index in [1.807, 2.05) is 13.0 Å². The average molecular weight is 397 g/mol. The molecule has 2 rings (SSSR count). The topological polar surface area (TPSA) is 75.3 Å². The quantitative estimate of drug-likeness (QED) is 0.815. The van der Waals surface area contributed by atoms with Crippen molar-refractivity contribution in [2.75, 3.05) is 11.9 Å². The Morgan fingerprint density at radius 3 is 2.52 bits per heavy atom. The number of nitrogens with one attached hydrogen (secondary N) is 2. The first-order valence-electron chi connectivity index (χ1n) is 6.90. The fourth-order valence-electron chi connectivity index (χ4n) is 2.11. The predicted octanol–water partition coefficient (Wildman–Crippen LogP) is 2.98. The van der Waals surface area contributed by atoms with Gasteiger partial charge in [-0.3, -0.25) is 4.79 Å². The third kappa shape index (κ3) is 4.89. The molecule has 0 radical (unpaired) electrons. The molecule has 2 aromatic carbocycles. The maximum atomic E-state index is 12.3. The zero-order valence-electron chi connectivity index (χ0n) is 12.8. The van der Waals surface area contributed by atoms with Crippen LogP contribution in [-0.2, 0) is 14.8 Å². The highest BCUT2D eigenvalue weighted by Crippen LogP contribution is 2.17. The van der Waals surface area contributed by atoms with E-state index >= 15 is 0 Å². The van der Waals surface area contributed by atoms with Crippen LogP contribution >= 0.6 is 15.9 Å². The Hall–Kier alpha value is -1.70. The molecule has 2 aromatic rings. The molecule has 0 fully saturated rings. The minimum Gasteiger partial charge on any atom is -0.325 e. The summed E-state index contributed by atoms with van der Waals surface area (Å²) in [7, 11) is -3.72. The summed E-state index contributed by atoms with van der Waals surface area (Å²) >= 11 is 3.30. The number of aryl methyl sites for hydroxylation is 2. The van der Waals surface area contributed by atoms with E-state index in [1.165, 1.54) is 0 Å². The summed E-state index contributed by atoms with van der Waals surface area (Å²) in [5, 5.41) is 2.63. The highest BCUT2D eigenvalue weighted by atomic mass is 79.9. The number of hydrogen-bond acceptors (Lipinski definition) is 3. The molecule has 7 heteroatoms. The smallest absolute Gasteiger partial charge is 0.241 e. The number of carbonyl (C=O) groups excluding carboxylic acids is 1. The van der Waals surface area contributed by atoms with Gasteiger partial charge >= 0.3 is 0 Å². The molecule has 0 aliphatic heterocycles. The molecule has 0 saturated carbocycles. The Bertz CT molecular complexity index is 835. The molecular formula is C16H17BrN2O3S. The van der Waals surface area contributed by atoms with Gasteiger partial charge < -0.3 is 5.32 Å². The average Bonchev–Trinajstić information content (AvgIpc) is 2.45. The van der Waals surface area contributed by atoms with E-state index in [4.69, 9.17) is 0 Å². The van der Waals surface area contributed by atoms with E-state index in [-0.39, 0.29) is 11.4 Å².